The van der Waals surface area contributed by atoms with E-state index in [0.717, 1.165) is 37.4 Å². The van der Waals surface area contributed by atoms with E-state index >= 15 is 0 Å². The zero-order chi connectivity index (χ0) is 19.0. The van der Waals surface area contributed by atoms with Gasteiger partial charge in [0.25, 0.3) is 0 Å². The first-order valence-corrected chi connectivity index (χ1v) is 9.84. The van der Waals surface area contributed by atoms with Crippen LogP contribution in [0.5, 0.6) is 0 Å². The Bertz CT molecular complexity index is 866. The number of nitrogens with zero attached hydrogens (tertiary/aromatic N) is 3. The monoisotopic (exact) mass is 364 g/mol. The molecule has 0 fully saturated rings. The van der Waals surface area contributed by atoms with Crippen molar-refractivity contribution in [1.82, 2.24) is 20.0 Å². The van der Waals surface area contributed by atoms with Crippen molar-refractivity contribution in [3.05, 3.63) is 58.9 Å². The average Bonchev–Trinajstić information content (AvgIpc) is 3.15. The minimum atomic E-state index is -0.0776. The fraction of sp³-hybridized carbons (Fsp3) is 0.455. The summed E-state index contributed by atoms with van der Waals surface area (Å²) in [6.07, 6.45) is 0. The Morgan fingerprint density at radius 3 is 2.78 bits per heavy atom. The number of fused-ring (bicyclic) bond motifs is 1. The van der Waals surface area contributed by atoms with Gasteiger partial charge in [-0.1, -0.05) is 49.8 Å². The first kappa shape index (κ1) is 18.0. The number of aromatic nitrogens is 2. The highest BCUT2D eigenvalue weighted by Crippen LogP contribution is 2.46. The summed E-state index contributed by atoms with van der Waals surface area (Å²) in [5.74, 6) is 0.677. The Morgan fingerprint density at radius 1 is 1.26 bits per heavy atom. The Labute approximate surface area is 161 Å². The summed E-state index contributed by atoms with van der Waals surface area (Å²) in [7, 11) is 0. The van der Waals surface area contributed by atoms with E-state index in [1.807, 2.05) is 25.1 Å². The molecule has 1 N–H and O–H groups in total. The number of hydrogen-bond donors (Lipinski definition) is 1. The minimum absolute atomic E-state index is 0.0776. The van der Waals surface area contributed by atoms with Crippen molar-refractivity contribution in [2.24, 2.45) is 11.8 Å². The van der Waals surface area contributed by atoms with Crippen molar-refractivity contribution in [1.29, 1.82) is 0 Å². The normalized spacial score (nSPS) is 19.3. The van der Waals surface area contributed by atoms with Gasteiger partial charge >= 0.3 is 0 Å². The maximum atomic E-state index is 12.6. The molecule has 1 aromatic carbocycles. The summed E-state index contributed by atoms with van der Waals surface area (Å²) < 4.78 is 2.09. The van der Waals surface area contributed by atoms with E-state index in [1.165, 1.54) is 16.8 Å². The first-order valence-electron chi connectivity index (χ1n) is 9.84. The molecule has 2 aromatic rings. The molecular formula is C22H28N4O. The number of amides is 1. The van der Waals surface area contributed by atoms with Gasteiger partial charge in [-0.05, 0) is 30.0 Å². The molecule has 1 aromatic heterocycles. The maximum Gasteiger partial charge on any atom is 0.232 e. The molecule has 1 atom stereocenters. The molecule has 0 bridgehead atoms. The third-order valence-electron chi connectivity index (χ3n) is 5.40. The predicted molar refractivity (Wildman–Crippen MR) is 107 cm³/mol. The molecule has 4 rings (SSSR count). The second-order valence-corrected chi connectivity index (χ2v) is 8.09. The van der Waals surface area contributed by atoms with Gasteiger partial charge in [-0.2, -0.15) is 5.10 Å². The topological polar surface area (TPSA) is 50.2 Å². The molecule has 1 amide bonds. The van der Waals surface area contributed by atoms with Crippen LogP contribution < -0.4 is 5.32 Å². The highest BCUT2D eigenvalue weighted by atomic mass is 16.2. The lowest BCUT2D eigenvalue weighted by atomic mass is 10.1. The van der Waals surface area contributed by atoms with Crippen molar-refractivity contribution in [3.8, 4) is 0 Å². The molecule has 5 nitrogen and oxygen atoms in total. The summed E-state index contributed by atoms with van der Waals surface area (Å²) in [6, 6.07) is 12.3. The highest BCUT2D eigenvalue weighted by molar-refractivity contribution is 6.05. The van der Waals surface area contributed by atoms with Crippen LogP contribution in [0.4, 0.5) is 0 Å². The van der Waals surface area contributed by atoms with Crippen LogP contribution in [-0.2, 0) is 24.4 Å². The van der Waals surface area contributed by atoms with E-state index in [4.69, 9.17) is 0 Å². The minimum Gasteiger partial charge on any atom is -0.350 e. The molecule has 27 heavy (non-hydrogen) atoms. The maximum absolute atomic E-state index is 12.6. The van der Waals surface area contributed by atoms with E-state index in [0.29, 0.717) is 12.5 Å². The van der Waals surface area contributed by atoms with Crippen LogP contribution in [-0.4, -0.2) is 33.7 Å². The van der Waals surface area contributed by atoms with Gasteiger partial charge in [0.15, 0.2) is 0 Å². The molecule has 0 spiro atoms. The molecule has 1 aliphatic heterocycles. The summed E-state index contributed by atoms with van der Waals surface area (Å²) in [5.41, 5.74) is 5.69. The molecule has 5 heteroatoms. The van der Waals surface area contributed by atoms with Crippen molar-refractivity contribution in [2.75, 3.05) is 13.1 Å². The molecule has 0 saturated heterocycles. The van der Waals surface area contributed by atoms with Gasteiger partial charge in [-0.3, -0.25) is 14.4 Å². The molecule has 2 aliphatic rings. The second-order valence-electron chi connectivity index (χ2n) is 8.09. The Balaban J connectivity index is 1.33. The summed E-state index contributed by atoms with van der Waals surface area (Å²) in [4.78, 5) is 15.1. The molecular weight excluding hydrogens is 336 g/mol. The quantitative estimate of drug-likeness (QED) is 0.857. The van der Waals surface area contributed by atoms with E-state index in [9.17, 15) is 4.79 Å². The lowest BCUT2D eigenvalue weighted by Gasteiger charge is -2.28. The Hall–Kier alpha value is -2.40. The number of rotatable bonds is 6. The van der Waals surface area contributed by atoms with E-state index in [-0.39, 0.29) is 11.8 Å². The fourth-order valence-electron chi connectivity index (χ4n) is 4.09. The van der Waals surface area contributed by atoms with Crippen LogP contribution in [0.3, 0.4) is 0 Å². The smallest absolute Gasteiger partial charge is 0.232 e. The number of benzene rings is 1. The third kappa shape index (κ3) is 3.83. The van der Waals surface area contributed by atoms with Gasteiger partial charge in [0.05, 0.1) is 30.4 Å². The van der Waals surface area contributed by atoms with Gasteiger partial charge < -0.3 is 5.32 Å². The molecule has 2 heterocycles. The van der Waals surface area contributed by atoms with Crippen LogP contribution in [0.15, 0.2) is 42.0 Å². The third-order valence-corrected chi connectivity index (χ3v) is 5.40. The largest absolute Gasteiger partial charge is 0.350 e. The van der Waals surface area contributed by atoms with Crippen molar-refractivity contribution < 1.29 is 4.79 Å². The fourth-order valence-corrected chi connectivity index (χ4v) is 4.09. The van der Waals surface area contributed by atoms with Crippen molar-refractivity contribution in [3.63, 3.8) is 0 Å². The van der Waals surface area contributed by atoms with Crippen molar-refractivity contribution in [2.45, 2.75) is 40.4 Å². The van der Waals surface area contributed by atoms with Crippen molar-refractivity contribution >= 4 is 11.5 Å². The predicted octanol–water partition coefficient (Wildman–Crippen LogP) is 3.07. The number of carbonyl (C=O) groups excluding carboxylic acids is 1. The average molecular weight is 364 g/mol. The van der Waals surface area contributed by atoms with Gasteiger partial charge in [-0.25, -0.2) is 0 Å². The summed E-state index contributed by atoms with van der Waals surface area (Å²) >= 11 is 0. The number of carbonyl (C=O) groups is 1. The Morgan fingerprint density at radius 2 is 2.04 bits per heavy atom. The zero-order valence-corrected chi connectivity index (χ0v) is 16.4. The first-order chi connectivity index (χ1) is 13.0. The van der Waals surface area contributed by atoms with Crippen LogP contribution in [0.1, 0.15) is 37.7 Å². The van der Waals surface area contributed by atoms with E-state index < -0.39 is 0 Å². The highest BCUT2D eigenvalue weighted by Gasteiger charge is 2.39. The molecule has 0 radical (unpaired) electrons. The zero-order valence-electron chi connectivity index (χ0n) is 16.4. The van der Waals surface area contributed by atoms with Crippen LogP contribution in [0, 0.1) is 11.8 Å². The van der Waals surface area contributed by atoms with Crippen LogP contribution in [0.2, 0.25) is 0 Å². The lowest BCUT2D eigenvalue weighted by Crippen LogP contribution is -2.36. The summed E-state index contributed by atoms with van der Waals surface area (Å²) in [5, 5.41) is 7.75. The Kier molecular flexibility index (Phi) is 4.87. The standard InChI is InChI=1S/C22H28N4O/c1-15(2)13-25-9-10-26-19(14-25)11-18(24-26)12-23-22(27)21-16(3)20(21)17-7-5-4-6-8-17/h4-8,11,15,21H,9-10,12-14H2,1-3H3,(H,23,27)/t21-/m0/s1. The summed E-state index contributed by atoms with van der Waals surface area (Å²) in [6.45, 7) is 11.1. The van der Waals surface area contributed by atoms with Gasteiger partial charge in [0.1, 0.15) is 0 Å². The second kappa shape index (κ2) is 7.31. The van der Waals surface area contributed by atoms with E-state index in [1.54, 1.807) is 0 Å². The molecule has 0 saturated carbocycles. The molecule has 0 unspecified atom stereocenters. The van der Waals surface area contributed by atoms with Gasteiger partial charge in [0.2, 0.25) is 5.91 Å². The van der Waals surface area contributed by atoms with Crippen LogP contribution >= 0.6 is 0 Å². The lowest BCUT2D eigenvalue weighted by molar-refractivity contribution is -0.121. The molecule has 1 aliphatic carbocycles. The number of hydrogen-bond acceptors (Lipinski definition) is 3. The van der Waals surface area contributed by atoms with E-state index in [2.05, 4.69) is 52.0 Å². The van der Waals surface area contributed by atoms with Crippen LogP contribution in [0.25, 0.3) is 5.57 Å². The van der Waals surface area contributed by atoms with Gasteiger partial charge in [0, 0.05) is 19.6 Å². The number of nitrogens with one attached hydrogen (secondary N) is 1. The van der Waals surface area contributed by atoms with Gasteiger partial charge in [-0.15, -0.1) is 0 Å². The molecule has 142 valence electrons. The SMILES string of the molecule is CC1=C(c2ccccc2)[C@H]1C(=O)NCc1cc2n(n1)CCN(CC(C)C)C2.